The molecule has 0 radical (unpaired) electrons. The summed E-state index contributed by atoms with van der Waals surface area (Å²) in [7, 11) is -10.7. The summed E-state index contributed by atoms with van der Waals surface area (Å²) < 4.78 is 91.6. The summed E-state index contributed by atoms with van der Waals surface area (Å²) in [6.07, 6.45) is 0. The van der Waals surface area contributed by atoms with Crippen LogP contribution in [0.25, 0.3) is 0 Å². The number of hydrogen-bond donors (Lipinski definition) is 1. The van der Waals surface area contributed by atoms with Crippen LogP contribution in [0.3, 0.4) is 0 Å². The maximum atomic E-state index is 12.6. The predicted octanol–water partition coefficient (Wildman–Crippen LogP) is -6.27. The maximum Gasteiger partial charge on any atom is 1.00 e. The maximum absolute atomic E-state index is 12.6. The summed E-state index contributed by atoms with van der Waals surface area (Å²) in [5.41, 5.74) is -1.02. The standard InChI is InChI=1S/C7H12F2O5S.2Na.H2O4S/c1-6(2,3)5(10)14-4-7(8,9)15(11,12)13;;;1-5(2,3)4/h4H2,1-3H3,(H,11,12,13);;;(H2,1,2,3,4)/q;2*+1;/p-2. The first-order valence-electron chi connectivity index (χ1n) is 4.57. The normalized spacial score (nSPS) is 12.0. The number of ether oxygens (including phenoxy) is 1. The van der Waals surface area contributed by atoms with Crippen LogP contribution in [0.1, 0.15) is 20.8 Å². The second kappa shape index (κ2) is 10.9. The van der Waals surface area contributed by atoms with Crippen molar-refractivity contribution in [1.29, 1.82) is 0 Å². The van der Waals surface area contributed by atoms with Gasteiger partial charge < -0.3 is 13.8 Å². The van der Waals surface area contributed by atoms with Gasteiger partial charge in [-0.05, 0) is 20.8 Å². The van der Waals surface area contributed by atoms with Crippen LogP contribution in [0.4, 0.5) is 8.78 Å². The Morgan fingerprint density at radius 1 is 1.09 bits per heavy atom. The van der Waals surface area contributed by atoms with Gasteiger partial charge in [-0.3, -0.25) is 17.8 Å². The minimum Gasteiger partial charge on any atom is -0.759 e. The smallest absolute Gasteiger partial charge is 0.759 e. The van der Waals surface area contributed by atoms with Crippen LogP contribution in [0.2, 0.25) is 0 Å². The molecular weight excluding hydrogens is 376 g/mol. The Hall–Kier alpha value is 1.11. The predicted molar refractivity (Wildman–Crippen MR) is 57.4 cm³/mol. The van der Waals surface area contributed by atoms with E-state index in [0.29, 0.717) is 0 Å². The first kappa shape index (κ1) is 30.9. The minimum atomic E-state index is -5.55. The fourth-order valence-electron chi connectivity index (χ4n) is 0.441. The number of carbonyl (C=O) groups excluding carboxylic acids is 1. The first-order chi connectivity index (χ1) is 8.38. The van der Waals surface area contributed by atoms with Crippen molar-refractivity contribution in [3.63, 3.8) is 0 Å². The Kier molecular flexibility index (Phi) is 15.3. The molecule has 0 aliphatic rings. The molecule has 22 heavy (non-hydrogen) atoms. The largest absolute Gasteiger partial charge is 1.00 e. The zero-order valence-electron chi connectivity index (χ0n) is 12.5. The van der Waals surface area contributed by atoms with E-state index in [9.17, 15) is 22.0 Å². The molecule has 9 nitrogen and oxygen atoms in total. The van der Waals surface area contributed by atoms with E-state index >= 15 is 0 Å². The fraction of sp³-hybridized carbons (Fsp3) is 0.857. The Labute approximate surface area is 171 Å². The SMILES string of the molecule is CC(C)(C)C(=O)OCC(F)(F)S(=O)(=O)O.O=S(=O)([O-])[O-].[Na+].[Na+]. The van der Waals surface area contributed by atoms with Crippen LogP contribution in [0, 0.1) is 5.41 Å². The van der Waals surface area contributed by atoms with E-state index in [1.165, 1.54) is 20.8 Å². The van der Waals surface area contributed by atoms with Crippen LogP contribution in [0.15, 0.2) is 0 Å². The number of alkyl halides is 2. The van der Waals surface area contributed by atoms with Gasteiger partial charge in [0.1, 0.15) is 0 Å². The monoisotopic (exact) mass is 388 g/mol. The van der Waals surface area contributed by atoms with Gasteiger partial charge in [0.15, 0.2) is 6.61 Å². The minimum absolute atomic E-state index is 0. The molecule has 0 bridgehead atoms. The van der Waals surface area contributed by atoms with Gasteiger partial charge in [0.25, 0.3) is 0 Å². The van der Waals surface area contributed by atoms with Gasteiger partial charge in [0.2, 0.25) is 0 Å². The van der Waals surface area contributed by atoms with Gasteiger partial charge in [-0.2, -0.15) is 17.2 Å². The van der Waals surface area contributed by atoms with Gasteiger partial charge in [0.05, 0.1) is 5.41 Å². The first-order valence-corrected chi connectivity index (χ1v) is 7.34. The zero-order valence-corrected chi connectivity index (χ0v) is 18.1. The summed E-state index contributed by atoms with van der Waals surface area (Å²) >= 11 is 0. The molecule has 0 saturated heterocycles. The van der Waals surface area contributed by atoms with Crippen LogP contribution in [-0.4, -0.2) is 48.3 Å². The molecule has 0 aliphatic heterocycles. The van der Waals surface area contributed by atoms with Crippen LogP contribution < -0.4 is 59.1 Å². The second-order valence-electron chi connectivity index (χ2n) is 4.35. The fourth-order valence-corrected chi connectivity index (χ4v) is 0.648. The van der Waals surface area contributed by atoms with E-state index < -0.39 is 43.8 Å². The number of hydrogen-bond acceptors (Lipinski definition) is 8. The van der Waals surface area contributed by atoms with Crippen LogP contribution >= 0.6 is 0 Å². The molecule has 0 aromatic rings. The van der Waals surface area contributed by atoms with Gasteiger partial charge in [0, 0.05) is 10.4 Å². The summed E-state index contributed by atoms with van der Waals surface area (Å²) in [5, 5.41) is -4.48. The molecule has 1 N–H and O–H groups in total. The Morgan fingerprint density at radius 2 is 1.36 bits per heavy atom. The molecule has 0 aromatic heterocycles. The van der Waals surface area contributed by atoms with Gasteiger partial charge in [-0.25, -0.2) is 0 Å². The summed E-state index contributed by atoms with van der Waals surface area (Å²) in [5.74, 6) is -0.981. The van der Waals surface area contributed by atoms with Gasteiger partial charge in [-0.1, -0.05) is 0 Å². The molecule has 0 fully saturated rings. The van der Waals surface area contributed by atoms with Crippen LogP contribution in [0.5, 0.6) is 0 Å². The average Bonchev–Trinajstić information content (AvgIpc) is 2.07. The number of esters is 1. The molecular formula is C7H12F2Na2O9S2. The molecule has 0 aliphatic carbocycles. The second-order valence-corrected chi connectivity index (χ2v) is 6.71. The molecule has 0 atom stereocenters. The van der Waals surface area contributed by atoms with Gasteiger partial charge >= 0.3 is 80.5 Å². The number of carbonyl (C=O) groups is 1. The molecule has 0 spiro atoms. The van der Waals surface area contributed by atoms with Crippen molar-refractivity contribution in [1.82, 2.24) is 0 Å². The average molecular weight is 388 g/mol. The van der Waals surface area contributed by atoms with E-state index in [1.807, 2.05) is 0 Å². The molecule has 0 rings (SSSR count). The topological polar surface area (TPSA) is 161 Å². The summed E-state index contributed by atoms with van der Waals surface area (Å²) in [4.78, 5) is 11.0. The Balaban J connectivity index is -0.000000201. The third-order valence-corrected chi connectivity index (χ3v) is 2.23. The third-order valence-electron chi connectivity index (χ3n) is 1.36. The van der Waals surface area contributed by atoms with Crippen molar-refractivity contribution >= 4 is 26.5 Å². The number of rotatable bonds is 3. The quantitative estimate of drug-likeness (QED) is 0.215. The van der Waals surface area contributed by atoms with Crippen molar-refractivity contribution in [2.45, 2.75) is 26.0 Å². The van der Waals surface area contributed by atoms with E-state index in [4.69, 9.17) is 22.1 Å². The Morgan fingerprint density at radius 3 is 1.55 bits per heavy atom. The van der Waals surface area contributed by atoms with Crippen molar-refractivity contribution in [3.05, 3.63) is 0 Å². The molecule has 0 saturated carbocycles. The van der Waals surface area contributed by atoms with Crippen molar-refractivity contribution < 1.29 is 108 Å². The van der Waals surface area contributed by atoms with E-state index in [0.717, 1.165) is 0 Å². The summed E-state index contributed by atoms with van der Waals surface area (Å²) in [6.45, 7) is 2.56. The van der Waals surface area contributed by atoms with Crippen LogP contribution in [-0.2, 0) is 30.0 Å². The van der Waals surface area contributed by atoms with E-state index in [1.54, 1.807) is 0 Å². The molecule has 15 heteroatoms. The molecule has 0 aromatic carbocycles. The van der Waals surface area contributed by atoms with Crippen molar-refractivity contribution in [2.24, 2.45) is 5.41 Å². The molecule has 122 valence electrons. The van der Waals surface area contributed by atoms with Crippen molar-refractivity contribution in [2.75, 3.05) is 6.61 Å². The van der Waals surface area contributed by atoms with Gasteiger partial charge in [-0.15, -0.1) is 0 Å². The zero-order chi connectivity index (χ0) is 17.0. The Bertz CT molecular complexity index is 531. The third kappa shape index (κ3) is 17.5. The number of halogens is 2. The molecule has 0 amide bonds. The summed E-state index contributed by atoms with van der Waals surface area (Å²) in [6, 6.07) is 0. The van der Waals surface area contributed by atoms with E-state index in [-0.39, 0.29) is 59.1 Å². The van der Waals surface area contributed by atoms with Crippen molar-refractivity contribution in [3.8, 4) is 0 Å². The van der Waals surface area contributed by atoms with E-state index in [2.05, 4.69) is 4.74 Å². The molecule has 0 unspecified atom stereocenters. The molecule has 0 heterocycles.